The number of nitrogens with zero attached hydrogens (tertiary/aromatic N) is 2. The molecule has 0 aromatic rings. The van der Waals surface area contributed by atoms with Crippen molar-refractivity contribution in [2.45, 2.75) is 57.2 Å². The van der Waals surface area contributed by atoms with Crippen LogP contribution in [-0.2, 0) is 14.4 Å². The summed E-state index contributed by atoms with van der Waals surface area (Å²) in [4.78, 5) is 38.2. The van der Waals surface area contributed by atoms with E-state index in [1.54, 1.807) is 7.05 Å². The van der Waals surface area contributed by atoms with Crippen LogP contribution in [0.3, 0.4) is 0 Å². The van der Waals surface area contributed by atoms with Crippen molar-refractivity contribution in [2.24, 2.45) is 0 Å². The van der Waals surface area contributed by atoms with E-state index >= 15 is 0 Å². The van der Waals surface area contributed by atoms with Crippen LogP contribution in [0.1, 0.15) is 39.0 Å². The molecule has 1 saturated carbocycles. The van der Waals surface area contributed by atoms with Gasteiger partial charge in [-0.25, -0.2) is 0 Å². The Morgan fingerprint density at radius 2 is 1.95 bits per heavy atom. The first kappa shape index (κ1) is 14.0. The second-order valence-corrected chi connectivity index (χ2v) is 5.44. The van der Waals surface area contributed by atoms with Gasteiger partial charge in [0, 0.05) is 6.04 Å². The summed E-state index contributed by atoms with van der Waals surface area (Å²) in [5.41, 5.74) is 0. The van der Waals surface area contributed by atoms with Crippen molar-refractivity contribution in [3.63, 3.8) is 0 Å². The molecular weight excluding hydrogens is 248 g/mol. The predicted octanol–water partition coefficient (Wildman–Crippen LogP) is 0.461. The number of carbonyl (C=O) groups is 3. The average molecular weight is 268 g/mol. The van der Waals surface area contributed by atoms with E-state index in [9.17, 15) is 14.4 Å². The Labute approximate surface area is 112 Å². The molecule has 106 valence electrons. The normalized spacial score (nSPS) is 26.5. The van der Waals surface area contributed by atoms with Crippen molar-refractivity contribution in [3.05, 3.63) is 0 Å². The highest BCUT2D eigenvalue weighted by molar-refractivity contribution is 6.06. The summed E-state index contributed by atoms with van der Waals surface area (Å²) < 4.78 is 0. The summed E-state index contributed by atoms with van der Waals surface area (Å²) in [5.74, 6) is -1.37. The van der Waals surface area contributed by atoms with Crippen LogP contribution in [0.4, 0.5) is 0 Å². The van der Waals surface area contributed by atoms with Crippen LogP contribution in [0.15, 0.2) is 0 Å². The van der Waals surface area contributed by atoms with Gasteiger partial charge in [0.2, 0.25) is 11.8 Å². The molecule has 2 aliphatic rings. The van der Waals surface area contributed by atoms with Gasteiger partial charge in [-0.05, 0) is 26.8 Å². The number of likely N-dealkylation sites (N-methyl/N-ethyl adjacent to an activating group) is 1. The SMILES string of the molecule is CC(C(=O)O)N(C)C1CC(=O)N(C2CCCC2)C1=O. The second-order valence-electron chi connectivity index (χ2n) is 5.44. The number of hydrogen-bond acceptors (Lipinski definition) is 4. The van der Waals surface area contributed by atoms with Gasteiger partial charge in [0.15, 0.2) is 0 Å². The maximum Gasteiger partial charge on any atom is 0.320 e. The first-order valence-electron chi connectivity index (χ1n) is 6.74. The second kappa shape index (κ2) is 5.28. The fourth-order valence-corrected chi connectivity index (χ4v) is 2.94. The van der Waals surface area contributed by atoms with E-state index in [-0.39, 0.29) is 24.3 Å². The predicted molar refractivity (Wildman–Crippen MR) is 67.4 cm³/mol. The highest BCUT2D eigenvalue weighted by Crippen LogP contribution is 2.29. The molecule has 2 amide bonds. The Hall–Kier alpha value is -1.43. The summed E-state index contributed by atoms with van der Waals surface area (Å²) in [6, 6.07) is -1.37. The van der Waals surface area contributed by atoms with Crippen LogP contribution in [0, 0.1) is 0 Å². The quantitative estimate of drug-likeness (QED) is 0.749. The Morgan fingerprint density at radius 3 is 2.47 bits per heavy atom. The first-order chi connectivity index (χ1) is 8.93. The molecule has 19 heavy (non-hydrogen) atoms. The third-order valence-electron chi connectivity index (χ3n) is 4.31. The molecule has 0 spiro atoms. The molecule has 2 unspecified atom stereocenters. The first-order valence-corrected chi connectivity index (χ1v) is 6.74. The number of carboxylic acid groups (broad SMARTS) is 1. The molecular formula is C13H20N2O4. The van der Waals surface area contributed by atoms with Gasteiger partial charge >= 0.3 is 5.97 Å². The highest BCUT2D eigenvalue weighted by Gasteiger charge is 2.46. The molecule has 1 heterocycles. The van der Waals surface area contributed by atoms with Gasteiger partial charge < -0.3 is 5.11 Å². The average Bonchev–Trinajstić information content (AvgIpc) is 2.95. The van der Waals surface area contributed by atoms with Crippen LogP contribution in [-0.4, -0.2) is 57.9 Å². The standard InChI is InChI=1S/C13H20N2O4/c1-8(13(18)19)14(2)10-7-11(16)15(12(10)17)9-5-3-4-6-9/h8-10H,3-7H2,1-2H3,(H,18,19). The minimum absolute atomic E-state index is 0.0264. The van der Waals surface area contributed by atoms with Crippen molar-refractivity contribution >= 4 is 17.8 Å². The number of amides is 2. The number of aliphatic carboxylic acids is 1. The van der Waals surface area contributed by atoms with E-state index in [1.165, 1.54) is 16.7 Å². The number of carbonyl (C=O) groups excluding carboxylic acids is 2. The van der Waals surface area contributed by atoms with Gasteiger partial charge in [0.1, 0.15) is 6.04 Å². The molecule has 6 heteroatoms. The van der Waals surface area contributed by atoms with Gasteiger partial charge in [-0.15, -0.1) is 0 Å². The summed E-state index contributed by atoms with van der Waals surface area (Å²) >= 11 is 0. The number of carboxylic acids is 1. The Balaban J connectivity index is 2.11. The van der Waals surface area contributed by atoms with Crippen molar-refractivity contribution in [1.29, 1.82) is 0 Å². The monoisotopic (exact) mass is 268 g/mol. The summed E-state index contributed by atoms with van der Waals surface area (Å²) in [5, 5.41) is 8.99. The summed E-state index contributed by atoms with van der Waals surface area (Å²) in [6.45, 7) is 1.53. The van der Waals surface area contributed by atoms with E-state index in [2.05, 4.69) is 0 Å². The fraction of sp³-hybridized carbons (Fsp3) is 0.769. The van der Waals surface area contributed by atoms with E-state index in [1.807, 2.05) is 0 Å². The van der Waals surface area contributed by atoms with E-state index < -0.39 is 18.1 Å². The fourth-order valence-electron chi connectivity index (χ4n) is 2.94. The largest absolute Gasteiger partial charge is 0.480 e. The summed E-state index contributed by atoms with van der Waals surface area (Å²) in [7, 11) is 1.59. The summed E-state index contributed by atoms with van der Waals surface area (Å²) in [6.07, 6.45) is 3.95. The van der Waals surface area contributed by atoms with Crippen LogP contribution in [0.25, 0.3) is 0 Å². The zero-order chi connectivity index (χ0) is 14.2. The van der Waals surface area contributed by atoms with E-state index in [0.717, 1.165) is 25.7 Å². The molecule has 1 aliphatic heterocycles. The molecule has 2 atom stereocenters. The van der Waals surface area contributed by atoms with Crippen LogP contribution in [0.2, 0.25) is 0 Å². The Kier molecular flexibility index (Phi) is 3.89. The lowest BCUT2D eigenvalue weighted by Crippen LogP contribution is -2.48. The number of likely N-dealkylation sites (tertiary alicyclic amines) is 1. The van der Waals surface area contributed by atoms with Crippen LogP contribution in [0.5, 0.6) is 0 Å². The molecule has 1 N–H and O–H groups in total. The lowest BCUT2D eigenvalue weighted by atomic mass is 10.1. The molecule has 0 aromatic heterocycles. The molecule has 2 rings (SSSR count). The van der Waals surface area contributed by atoms with Crippen molar-refractivity contribution in [3.8, 4) is 0 Å². The van der Waals surface area contributed by atoms with Gasteiger partial charge in [0.25, 0.3) is 0 Å². The van der Waals surface area contributed by atoms with E-state index in [4.69, 9.17) is 5.11 Å². The van der Waals surface area contributed by atoms with Gasteiger partial charge in [0.05, 0.1) is 12.5 Å². The van der Waals surface area contributed by atoms with Crippen molar-refractivity contribution in [2.75, 3.05) is 7.05 Å². The maximum atomic E-state index is 12.3. The lowest BCUT2D eigenvalue weighted by molar-refractivity contribution is -0.145. The van der Waals surface area contributed by atoms with Crippen molar-refractivity contribution < 1.29 is 19.5 Å². The van der Waals surface area contributed by atoms with Crippen LogP contribution < -0.4 is 0 Å². The third kappa shape index (κ3) is 2.49. The minimum atomic E-state index is -0.984. The molecule has 6 nitrogen and oxygen atoms in total. The Bertz CT molecular complexity index is 403. The molecule has 1 aliphatic carbocycles. The highest BCUT2D eigenvalue weighted by atomic mass is 16.4. The third-order valence-corrected chi connectivity index (χ3v) is 4.31. The zero-order valence-corrected chi connectivity index (χ0v) is 11.3. The number of imide groups is 1. The Morgan fingerprint density at radius 1 is 1.37 bits per heavy atom. The molecule has 0 radical (unpaired) electrons. The van der Waals surface area contributed by atoms with Crippen molar-refractivity contribution in [1.82, 2.24) is 9.80 Å². The topological polar surface area (TPSA) is 77.9 Å². The van der Waals surface area contributed by atoms with Gasteiger partial charge in [-0.1, -0.05) is 12.8 Å². The molecule has 1 saturated heterocycles. The number of hydrogen-bond donors (Lipinski definition) is 1. The minimum Gasteiger partial charge on any atom is -0.480 e. The smallest absolute Gasteiger partial charge is 0.320 e. The molecule has 0 aromatic carbocycles. The number of rotatable bonds is 4. The van der Waals surface area contributed by atoms with E-state index in [0.29, 0.717) is 0 Å². The molecule has 2 fully saturated rings. The molecule has 0 bridgehead atoms. The van der Waals surface area contributed by atoms with Gasteiger partial charge in [-0.2, -0.15) is 0 Å². The lowest BCUT2D eigenvalue weighted by Gasteiger charge is -2.27. The van der Waals surface area contributed by atoms with Crippen LogP contribution >= 0.6 is 0 Å². The van der Waals surface area contributed by atoms with Gasteiger partial charge in [-0.3, -0.25) is 24.2 Å². The maximum absolute atomic E-state index is 12.3. The zero-order valence-electron chi connectivity index (χ0n) is 11.3.